The van der Waals surface area contributed by atoms with Crippen LogP contribution in [-0.4, -0.2) is 27.2 Å². The van der Waals surface area contributed by atoms with Gasteiger partial charge in [0.2, 0.25) is 10.0 Å². The van der Waals surface area contributed by atoms with Crippen LogP contribution in [0.25, 0.3) is 0 Å². The summed E-state index contributed by atoms with van der Waals surface area (Å²) >= 11 is 7.42. The third-order valence-corrected chi connectivity index (χ3v) is 5.53. The molecule has 8 heteroatoms. The molecule has 22 heavy (non-hydrogen) atoms. The van der Waals surface area contributed by atoms with Crippen molar-refractivity contribution < 1.29 is 18.3 Å². The van der Waals surface area contributed by atoms with Crippen molar-refractivity contribution in [3.63, 3.8) is 0 Å². The number of aliphatic hydroxyl groups excluding tert-OH is 1. The second kappa shape index (κ2) is 7.43. The van der Waals surface area contributed by atoms with Crippen LogP contribution >= 0.6 is 22.9 Å². The Hall–Kier alpha value is -1.12. The first-order chi connectivity index (χ1) is 10.4. The van der Waals surface area contributed by atoms with Crippen LogP contribution in [0.2, 0.25) is 5.02 Å². The van der Waals surface area contributed by atoms with E-state index in [1.165, 1.54) is 36.6 Å². The smallest absolute Gasteiger partial charge is 0.240 e. The standard InChI is InChI=1S/C14H16ClNO4S2/c1-20-14-3-2-11(8-12(14)15)22(18,19)16-6-4-13(17)10-5-7-21-9-10/h2-3,5,7-9,13,16-17H,4,6H2,1H3. The summed E-state index contributed by atoms with van der Waals surface area (Å²) in [6.45, 7) is 0.128. The number of ether oxygens (including phenoxy) is 1. The van der Waals surface area contributed by atoms with Crippen molar-refractivity contribution in [1.82, 2.24) is 4.72 Å². The Morgan fingerprint density at radius 1 is 1.41 bits per heavy atom. The Bertz CT molecular complexity index is 716. The van der Waals surface area contributed by atoms with Gasteiger partial charge in [-0.1, -0.05) is 11.6 Å². The summed E-state index contributed by atoms with van der Waals surface area (Å²) in [7, 11) is -2.21. The minimum absolute atomic E-state index is 0.0586. The van der Waals surface area contributed by atoms with Crippen molar-refractivity contribution in [1.29, 1.82) is 0 Å². The van der Waals surface area contributed by atoms with Gasteiger partial charge in [-0.05, 0) is 47.0 Å². The number of nitrogens with one attached hydrogen (secondary N) is 1. The van der Waals surface area contributed by atoms with E-state index in [0.717, 1.165) is 5.56 Å². The predicted octanol–water partition coefficient (Wildman–Crippen LogP) is 2.81. The molecule has 0 saturated heterocycles. The highest BCUT2D eigenvalue weighted by atomic mass is 35.5. The average Bonchev–Trinajstić information content (AvgIpc) is 3.01. The van der Waals surface area contributed by atoms with Crippen molar-refractivity contribution in [3.05, 3.63) is 45.6 Å². The number of hydrogen-bond acceptors (Lipinski definition) is 5. The fourth-order valence-electron chi connectivity index (χ4n) is 1.86. The Labute approximate surface area is 138 Å². The van der Waals surface area contributed by atoms with Gasteiger partial charge >= 0.3 is 0 Å². The van der Waals surface area contributed by atoms with Crippen LogP contribution in [0.15, 0.2) is 39.9 Å². The van der Waals surface area contributed by atoms with E-state index in [1.54, 1.807) is 0 Å². The zero-order valence-electron chi connectivity index (χ0n) is 11.8. The molecule has 120 valence electrons. The molecule has 0 aliphatic heterocycles. The van der Waals surface area contributed by atoms with E-state index in [0.29, 0.717) is 12.2 Å². The molecule has 2 aromatic rings. The van der Waals surface area contributed by atoms with Crippen LogP contribution in [0.5, 0.6) is 5.75 Å². The van der Waals surface area contributed by atoms with Gasteiger partial charge in [-0.15, -0.1) is 0 Å². The Balaban J connectivity index is 1.98. The van der Waals surface area contributed by atoms with E-state index in [9.17, 15) is 13.5 Å². The van der Waals surface area contributed by atoms with Crippen LogP contribution in [0, 0.1) is 0 Å². The summed E-state index contributed by atoms with van der Waals surface area (Å²) in [6, 6.07) is 6.06. The first-order valence-electron chi connectivity index (χ1n) is 6.47. The second-order valence-electron chi connectivity index (χ2n) is 4.56. The van der Waals surface area contributed by atoms with E-state index in [4.69, 9.17) is 16.3 Å². The highest BCUT2D eigenvalue weighted by Crippen LogP contribution is 2.27. The fraction of sp³-hybridized carbons (Fsp3) is 0.286. The zero-order valence-corrected chi connectivity index (χ0v) is 14.2. The molecule has 0 saturated carbocycles. The molecule has 0 aliphatic rings. The van der Waals surface area contributed by atoms with Crippen molar-refractivity contribution in [2.75, 3.05) is 13.7 Å². The summed E-state index contributed by atoms with van der Waals surface area (Å²) in [5, 5.41) is 13.8. The van der Waals surface area contributed by atoms with Crippen LogP contribution in [0.1, 0.15) is 18.1 Å². The molecule has 1 unspecified atom stereocenters. The third kappa shape index (κ3) is 4.21. The van der Waals surface area contributed by atoms with Crippen LogP contribution in [-0.2, 0) is 10.0 Å². The number of sulfonamides is 1. The third-order valence-electron chi connectivity index (χ3n) is 3.07. The summed E-state index contributed by atoms with van der Waals surface area (Å²) in [6.07, 6.45) is -0.395. The second-order valence-corrected chi connectivity index (χ2v) is 7.51. The number of methoxy groups -OCH3 is 1. The van der Waals surface area contributed by atoms with Crippen molar-refractivity contribution in [2.24, 2.45) is 0 Å². The summed E-state index contributed by atoms with van der Waals surface area (Å²) in [5.41, 5.74) is 0.789. The van der Waals surface area contributed by atoms with Crippen LogP contribution < -0.4 is 9.46 Å². The molecular formula is C14H16ClNO4S2. The lowest BCUT2D eigenvalue weighted by Crippen LogP contribution is -2.26. The largest absolute Gasteiger partial charge is 0.495 e. The molecule has 0 bridgehead atoms. The average molecular weight is 362 g/mol. The maximum absolute atomic E-state index is 12.2. The van der Waals surface area contributed by atoms with Gasteiger partial charge in [0.15, 0.2) is 0 Å². The predicted molar refractivity (Wildman–Crippen MR) is 87.1 cm³/mol. The van der Waals surface area contributed by atoms with E-state index in [2.05, 4.69) is 4.72 Å². The maximum Gasteiger partial charge on any atom is 0.240 e. The SMILES string of the molecule is COc1ccc(S(=O)(=O)NCCC(O)c2ccsc2)cc1Cl. The summed E-state index contributed by atoms with van der Waals surface area (Å²) in [4.78, 5) is 0.0586. The molecule has 0 aliphatic carbocycles. The Morgan fingerprint density at radius 2 is 2.18 bits per heavy atom. The van der Waals surface area contributed by atoms with Gasteiger partial charge in [0.05, 0.1) is 23.1 Å². The van der Waals surface area contributed by atoms with Gasteiger partial charge in [0, 0.05) is 6.54 Å². The minimum atomic E-state index is -3.67. The molecule has 2 N–H and O–H groups in total. The molecule has 5 nitrogen and oxygen atoms in total. The number of hydrogen-bond donors (Lipinski definition) is 2. The minimum Gasteiger partial charge on any atom is -0.495 e. The molecule has 2 rings (SSSR count). The number of benzene rings is 1. The van der Waals surface area contributed by atoms with Crippen molar-refractivity contribution >= 4 is 33.0 Å². The first-order valence-corrected chi connectivity index (χ1v) is 9.28. The highest BCUT2D eigenvalue weighted by molar-refractivity contribution is 7.89. The molecule has 0 fully saturated rings. The lowest BCUT2D eigenvalue weighted by molar-refractivity contribution is 0.169. The number of aliphatic hydroxyl groups is 1. The molecule has 1 aromatic carbocycles. The Kier molecular flexibility index (Phi) is 5.82. The topological polar surface area (TPSA) is 75.6 Å². The summed E-state index contributed by atoms with van der Waals surface area (Å²) < 4.78 is 31.8. The monoisotopic (exact) mass is 361 g/mol. The van der Waals surface area contributed by atoms with Gasteiger partial charge in [-0.25, -0.2) is 13.1 Å². The fourth-order valence-corrected chi connectivity index (χ4v) is 3.96. The lowest BCUT2D eigenvalue weighted by Gasteiger charge is -2.11. The molecule has 1 heterocycles. The molecule has 1 aromatic heterocycles. The highest BCUT2D eigenvalue weighted by Gasteiger charge is 2.16. The van der Waals surface area contributed by atoms with Gasteiger partial charge < -0.3 is 9.84 Å². The van der Waals surface area contributed by atoms with E-state index < -0.39 is 16.1 Å². The van der Waals surface area contributed by atoms with Gasteiger partial charge in [-0.3, -0.25) is 0 Å². The Morgan fingerprint density at radius 3 is 2.77 bits per heavy atom. The van der Waals surface area contributed by atoms with Gasteiger partial charge in [0.1, 0.15) is 5.75 Å². The maximum atomic E-state index is 12.2. The molecule has 1 atom stereocenters. The van der Waals surface area contributed by atoms with Gasteiger partial charge in [0.25, 0.3) is 0 Å². The number of thiophene rings is 1. The van der Waals surface area contributed by atoms with E-state index in [-0.39, 0.29) is 16.5 Å². The van der Waals surface area contributed by atoms with E-state index in [1.807, 2.05) is 16.8 Å². The van der Waals surface area contributed by atoms with Gasteiger partial charge in [-0.2, -0.15) is 11.3 Å². The van der Waals surface area contributed by atoms with Crippen molar-refractivity contribution in [3.8, 4) is 5.75 Å². The number of halogens is 1. The quantitative estimate of drug-likeness (QED) is 0.795. The lowest BCUT2D eigenvalue weighted by atomic mass is 10.1. The van der Waals surface area contributed by atoms with E-state index >= 15 is 0 Å². The summed E-state index contributed by atoms with van der Waals surface area (Å²) in [5.74, 6) is 0.411. The molecule has 0 spiro atoms. The van der Waals surface area contributed by atoms with Crippen molar-refractivity contribution in [2.45, 2.75) is 17.4 Å². The van der Waals surface area contributed by atoms with Crippen LogP contribution in [0.3, 0.4) is 0 Å². The number of rotatable bonds is 7. The molecule has 0 radical (unpaired) electrons. The molecular weight excluding hydrogens is 346 g/mol. The molecule has 0 amide bonds. The first kappa shape index (κ1) is 17.2. The zero-order chi connectivity index (χ0) is 16.2. The normalized spacial score (nSPS) is 13.0. The van der Waals surface area contributed by atoms with Crippen LogP contribution in [0.4, 0.5) is 0 Å².